The molecule has 4 nitrogen and oxygen atoms in total. The number of unbranched alkanes of at least 4 members (excludes halogenated alkanes) is 9. The Morgan fingerprint density at radius 1 is 0.815 bits per heavy atom. The minimum atomic E-state index is -0.390. The zero-order valence-corrected chi connectivity index (χ0v) is 18.2. The molecule has 0 N–H and O–H groups in total. The predicted octanol–water partition coefficient (Wildman–Crippen LogP) is 6.09. The average molecular weight is 385 g/mol. The average Bonchev–Trinajstić information content (AvgIpc) is 2.70. The summed E-state index contributed by atoms with van der Waals surface area (Å²) in [5, 5.41) is 0. The smallest absolute Gasteiger partial charge is 0.330 e. The molecule has 27 heavy (non-hydrogen) atoms. The van der Waals surface area contributed by atoms with Gasteiger partial charge in [0.25, 0.3) is 0 Å². The van der Waals surface area contributed by atoms with Crippen LogP contribution in [0.2, 0.25) is 0 Å². The van der Waals surface area contributed by atoms with Crippen molar-refractivity contribution >= 4 is 5.97 Å². The third-order valence-corrected chi connectivity index (χ3v) is 5.10. The van der Waals surface area contributed by atoms with Gasteiger partial charge in [-0.25, -0.2) is 4.79 Å². The summed E-state index contributed by atoms with van der Waals surface area (Å²) < 4.78 is 16.8. The van der Waals surface area contributed by atoms with Crippen molar-refractivity contribution in [3.8, 4) is 0 Å². The summed E-state index contributed by atoms with van der Waals surface area (Å²) in [5.74, 6) is -0.390. The lowest BCUT2D eigenvalue weighted by Crippen LogP contribution is -2.37. The summed E-state index contributed by atoms with van der Waals surface area (Å²) in [6, 6.07) is 0. The van der Waals surface area contributed by atoms with Crippen molar-refractivity contribution in [1.82, 2.24) is 0 Å². The van der Waals surface area contributed by atoms with Crippen molar-refractivity contribution in [3.63, 3.8) is 0 Å². The molecule has 0 heterocycles. The van der Waals surface area contributed by atoms with Gasteiger partial charge in [-0.15, -0.1) is 0 Å². The Balaban J connectivity index is 3.88. The Kier molecular flexibility index (Phi) is 17.9. The molecular weight excluding hydrogens is 340 g/mol. The first-order valence-corrected chi connectivity index (χ1v) is 11.1. The molecule has 0 radical (unpaired) electrons. The lowest BCUT2D eigenvalue weighted by Gasteiger charge is -2.31. The normalized spacial score (nSPS) is 13.3. The second kappa shape index (κ2) is 18.5. The molecule has 0 rings (SSSR count). The number of hydrogen-bond donors (Lipinski definition) is 0. The third-order valence-electron chi connectivity index (χ3n) is 5.10. The van der Waals surface area contributed by atoms with E-state index in [1.807, 2.05) is 6.92 Å². The van der Waals surface area contributed by atoms with Crippen molar-refractivity contribution in [2.45, 2.75) is 91.4 Å². The van der Waals surface area contributed by atoms with Crippen LogP contribution in [-0.2, 0) is 19.0 Å². The number of esters is 1. The summed E-state index contributed by atoms with van der Waals surface area (Å²) in [5.41, 5.74) is -0.271. The van der Waals surface area contributed by atoms with Gasteiger partial charge in [0.1, 0.15) is 6.61 Å². The van der Waals surface area contributed by atoms with E-state index in [9.17, 15) is 4.79 Å². The van der Waals surface area contributed by atoms with E-state index in [1.165, 1.54) is 63.9 Å². The van der Waals surface area contributed by atoms with Crippen LogP contribution in [0.25, 0.3) is 0 Å². The monoisotopic (exact) mass is 384 g/mol. The van der Waals surface area contributed by atoms with Crippen LogP contribution in [0.15, 0.2) is 12.7 Å². The van der Waals surface area contributed by atoms with E-state index in [1.54, 1.807) is 0 Å². The Bertz CT molecular complexity index is 356. The fraction of sp³-hybridized carbons (Fsp3) is 0.870. The molecule has 1 unspecified atom stereocenters. The van der Waals surface area contributed by atoms with Gasteiger partial charge >= 0.3 is 5.97 Å². The molecule has 0 aromatic rings. The standard InChI is InChI=1S/C23H44O4/c1-5-9-10-11-12-13-14-15-16-17-18-26-20-23(7-3,19-25-8-4)21-27-22(24)6-2/h6H,2,5,7-21H2,1,3-4H3. The van der Waals surface area contributed by atoms with E-state index < -0.39 is 0 Å². The molecule has 0 saturated heterocycles. The van der Waals surface area contributed by atoms with E-state index >= 15 is 0 Å². The highest BCUT2D eigenvalue weighted by Gasteiger charge is 2.30. The summed E-state index contributed by atoms with van der Waals surface area (Å²) in [4.78, 5) is 11.4. The lowest BCUT2D eigenvalue weighted by molar-refractivity contribution is -0.145. The fourth-order valence-electron chi connectivity index (χ4n) is 3.01. The number of carbonyl (C=O) groups excluding carboxylic acids is 1. The molecule has 4 heteroatoms. The molecule has 0 aromatic carbocycles. The first-order valence-electron chi connectivity index (χ1n) is 11.1. The first-order chi connectivity index (χ1) is 13.1. The van der Waals surface area contributed by atoms with Crippen LogP contribution in [0.4, 0.5) is 0 Å². The quantitative estimate of drug-likeness (QED) is 0.145. The van der Waals surface area contributed by atoms with Crippen molar-refractivity contribution in [1.29, 1.82) is 0 Å². The van der Waals surface area contributed by atoms with E-state index in [4.69, 9.17) is 14.2 Å². The molecule has 0 aromatic heterocycles. The number of hydrogen-bond acceptors (Lipinski definition) is 4. The van der Waals surface area contributed by atoms with Crippen LogP contribution in [0.5, 0.6) is 0 Å². The van der Waals surface area contributed by atoms with Gasteiger partial charge in [-0.2, -0.15) is 0 Å². The number of ether oxygens (including phenoxy) is 3. The van der Waals surface area contributed by atoms with E-state index in [0.717, 1.165) is 19.4 Å². The summed E-state index contributed by atoms with van der Waals surface area (Å²) in [6.07, 6.45) is 15.2. The minimum absolute atomic E-state index is 0.271. The topological polar surface area (TPSA) is 44.8 Å². The minimum Gasteiger partial charge on any atom is -0.462 e. The molecule has 160 valence electrons. The Hall–Kier alpha value is -0.870. The summed E-state index contributed by atoms with van der Waals surface area (Å²) in [6.45, 7) is 12.6. The SMILES string of the molecule is C=CC(=O)OCC(CC)(COCC)COCCCCCCCCCCCC. The van der Waals surface area contributed by atoms with Crippen LogP contribution in [-0.4, -0.2) is 39.0 Å². The Morgan fingerprint density at radius 3 is 1.89 bits per heavy atom. The molecule has 0 aliphatic carbocycles. The molecule has 0 aliphatic rings. The second-order valence-electron chi connectivity index (χ2n) is 7.54. The zero-order chi connectivity index (χ0) is 20.2. The summed E-state index contributed by atoms with van der Waals surface area (Å²) in [7, 11) is 0. The van der Waals surface area contributed by atoms with Gasteiger partial charge in [0, 0.05) is 19.3 Å². The van der Waals surface area contributed by atoms with Gasteiger partial charge in [0.05, 0.1) is 18.6 Å². The maximum Gasteiger partial charge on any atom is 0.330 e. The molecule has 0 aliphatic heterocycles. The lowest BCUT2D eigenvalue weighted by atomic mass is 9.88. The predicted molar refractivity (Wildman–Crippen MR) is 113 cm³/mol. The maximum atomic E-state index is 11.4. The highest BCUT2D eigenvalue weighted by Crippen LogP contribution is 2.24. The van der Waals surface area contributed by atoms with Crippen molar-refractivity contribution in [3.05, 3.63) is 12.7 Å². The van der Waals surface area contributed by atoms with E-state index in [0.29, 0.717) is 26.4 Å². The number of carbonyl (C=O) groups is 1. The van der Waals surface area contributed by atoms with Crippen LogP contribution in [0.3, 0.4) is 0 Å². The number of rotatable bonds is 20. The van der Waals surface area contributed by atoms with Gasteiger partial charge in [-0.3, -0.25) is 0 Å². The fourth-order valence-corrected chi connectivity index (χ4v) is 3.01. The van der Waals surface area contributed by atoms with Crippen LogP contribution in [0.1, 0.15) is 91.4 Å². The Labute approximate surface area is 168 Å². The Morgan fingerprint density at radius 2 is 1.37 bits per heavy atom. The first kappa shape index (κ1) is 26.1. The second-order valence-corrected chi connectivity index (χ2v) is 7.54. The highest BCUT2D eigenvalue weighted by atomic mass is 16.5. The molecule has 0 saturated carbocycles. The van der Waals surface area contributed by atoms with Gasteiger partial charge in [0.2, 0.25) is 0 Å². The van der Waals surface area contributed by atoms with Crippen LogP contribution >= 0.6 is 0 Å². The van der Waals surface area contributed by atoms with Crippen molar-refractivity contribution in [2.75, 3.05) is 33.0 Å². The van der Waals surface area contributed by atoms with Crippen molar-refractivity contribution < 1.29 is 19.0 Å². The summed E-state index contributed by atoms with van der Waals surface area (Å²) >= 11 is 0. The largest absolute Gasteiger partial charge is 0.462 e. The van der Waals surface area contributed by atoms with E-state index in [2.05, 4.69) is 20.4 Å². The molecule has 0 amide bonds. The molecular formula is C23H44O4. The van der Waals surface area contributed by atoms with Gasteiger partial charge in [-0.05, 0) is 19.8 Å². The zero-order valence-electron chi connectivity index (χ0n) is 18.2. The molecule has 0 spiro atoms. The van der Waals surface area contributed by atoms with Gasteiger partial charge in [0.15, 0.2) is 0 Å². The highest BCUT2D eigenvalue weighted by molar-refractivity contribution is 5.81. The van der Waals surface area contributed by atoms with Crippen LogP contribution in [0, 0.1) is 5.41 Å². The van der Waals surface area contributed by atoms with Crippen LogP contribution < -0.4 is 0 Å². The van der Waals surface area contributed by atoms with Crippen molar-refractivity contribution in [2.24, 2.45) is 5.41 Å². The maximum absolute atomic E-state index is 11.4. The third kappa shape index (κ3) is 14.8. The van der Waals surface area contributed by atoms with Gasteiger partial charge in [-0.1, -0.05) is 78.2 Å². The van der Waals surface area contributed by atoms with E-state index in [-0.39, 0.29) is 11.4 Å². The molecule has 1 atom stereocenters. The molecule has 0 fully saturated rings. The van der Waals surface area contributed by atoms with Gasteiger partial charge < -0.3 is 14.2 Å². The molecule has 0 bridgehead atoms.